The van der Waals surface area contributed by atoms with Crippen molar-refractivity contribution < 1.29 is 9.00 Å². The zero-order valence-electron chi connectivity index (χ0n) is 15.8. The van der Waals surface area contributed by atoms with Gasteiger partial charge in [0.25, 0.3) is 5.91 Å². The molecule has 6 nitrogen and oxygen atoms in total. The van der Waals surface area contributed by atoms with Crippen LogP contribution in [0.2, 0.25) is 0 Å². The van der Waals surface area contributed by atoms with Crippen LogP contribution in [0.4, 0.5) is 0 Å². The molecule has 1 N–H and O–H groups in total. The van der Waals surface area contributed by atoms with Crippen LogP contribution in [0.25, 0.3) is 0 Å². The van der Waals surface area contributed by atoms with Crippen LogP contribution in [0.15, 0.2) is 34.3 Å². The molecule has 0 aliphatic heterocycles. The minimum Gasteiger partial charge on any atom is -0.352 e. The summed E-state index contributed by atoms with van der Waals surface area (Å²) in [5.74, 6) is 0.917. The highest BCUT2D eigenvalue weighted by molar-refractivity contribution is 7.98. The van der Waals surface area contributed by atoms with Crippen molar-refractivity contribution in [2.24, 2.45) is 0 Å². The van der Waals surface area contributed by atoms with Crippen LogP contribution in [0.5, 0.6) is 0 Å². The number of rotatable bonds is 8. The zero-order valence-corrected chi connectivity index (χ0v) is 17.4. The summed E-state index contributed by atoms with van der Waals surface area (Å²) in [6, 6.07) is 7.42. The molecular formula is C19H26N4O2S2. The largest absolute Gasteiger partial charge is 0.352 e. The highest BCUT2D eigenvalue weighted by atomic mass is 32.2. The van der Waals surface area contributed by atoms with E-state index in [9.17, 15) is 9.00 Å². The number of benzene rings is 1. The molecule has 1 aliphatic carbocycles. The van der Waals surface area contributed by atoms with Crippen molar-refractivity contribution in [3.63, 3.8) is 0 Å². The topological polar surface area (TPSA) is 76.9 Å². The molecular weight excluding hydrogens is 380 g/mol. The average molecular weight is 407 g/mol. The first-order chi connectivity index (χ1) is 13.1. The molecule has 2 aromatic rings. The van der Waals surface area contributed by atoms with Crippen LogP contribution in [0.3, 0.4) is 0 Å². The number of aromatic nitrogens is 3. The summed E-state index contributed by atoms with van der Waals surface area (Å²) < 4.78 is 13.7. The third-order valence-corrected chi connectivity index (χ3v) is 6.50. The lowest BCUT2D eigenvalue weighted by Crippen LogP contribution is -2.25. The van der Waals surface area contributed by atoms with Gasteiger partial charge in [0.2, 0.25) is 0 Å². The van der Waals surface area contributed by atoms with Crippen molar-refractivity contribution in [2.45, 2.75) is 54.6 Å². The quantitative estimate of drug-likeness (QED) is 0.538. The molecule has 1 unspecified atom stereocenters. The Balaban J connectivity index is 1.52. The summed E-state index contributed by atoms with van der Waals surface area (Å²) in [4.78, 5) is 13.0. The Labute approximate surface area is 167 Å². The molecule has 1 aliphatic rings. The first-order valence-electron chi connectivity index (χ1n) is 9.29. The van der Waals surface area contributed by atoms with E-state index in [1.807, 2.05) is 6.26 Å². The van der Waals surface area contributed by atoms with E-state index in [2.05, 4.69) is 20.1 Å². The Bertz CT molecular complexity index is 799. The van der Waals surface area contributed by atoms with E-state index in [0.717, 1.165) is 28.7 Å². The first kappa shape index (κ1) is 20.1. The molecule has 0 saturated heterocycles. The van der Waals surface area contributed by atoms with Gasteiger partial charge in [-0.15, -0.1) is 10.2 Å². The lowest BCUT2D eigenvalue weighted by atomic mass is 10.2. The lowest BCUT2D eigenvalue weighted by molar-refractivity contribution is 0.0953. The summed E-state index contributed by atoms with van der Waals surface area (Å²) in [6.07, 6.45) is 10.2. The van der Waals surface area contributed by atoms with E-state index in [1.54, 1.807) is 42.3 Å². The maximum Gasteiger partial charge on any atom is 0.251 e. The van der Waals surface area contributed by atoms with Crippen molar-refractivity contribution in [3.05, 3.63) is 35.7 Å². The van der Waals surface area contributed by atoms with Gasteiger partial charge in [0.1, 0.15) is 5.82 Å². The second-order valence-electron chi connectivity index (χ2n) is 6.75. The summed E-state index contributed by atoms with van der Waals surface area (Å²) in [5, 5.41) is 12.7. The molecule has 1 fully saturated rings. The third-order valence-electron chi connectivity index (χ3n) is 4.92. The normalized spacial score (nSPS) is 15.8. The SMILES string of the molecule is CSc1nnc(CCCNC(=O)c2ccc(S(C)=O)cc2)n1C1CCCC1. The number of carbonyl (C=O) groups is 1. The molecule has 146 valence electrons. The van der Waals surface area contributed by atoms with Crippen LogP contribution in [-0.4, -0.2) is 43.9 Å². The Morgan fingerprint density at radius 3 is 2.59 bits per heavy atom. The van der Waals surface area contributed by atoms with Crippen LogP contribution < -0.4 is 5.32 Å². The van der Waals surface area contributed by atoms with Gasteiger partial charge in [-0.2, -0.15) is 0 Å². The number of amides is 1. The van der Waals surface area contributed by atoms with Crippen molar-refractivity contribution in [2.75, 3.05) is 19.1 Å². The van der Waals surface area contributed by atoms with Gasteiger partial charge < -0.3 is 9.88 Å². The predicted molar refractivity (Wildman–Crippen MR) is 109 cm³/mol. The molecule has 27 heavy (non-hydrogen) atoms. The van der Waals surface area contributed by atoms with Crippen LogP contribution in [-0.2, 0) is 17.2 Å². The van der Waals surface area contributed by atoms with Crippen molar-refractivity contribution in [1.29, 1.82) is 0 Å². The van der Waals surface area contributed by atoms with E-state index in [4.69, 9.17) is 0 Å². The number of nitrogens with zero attached hydrogens (tertiary/aromatic N) is 3. The standard InChI is InChI=1S/C19H26N4O2S2/c1-26-19-22-21-17(23(19)15-6-3-4-7-15)8-5-13-20-18(24)14-9-11-16(12-10-14)27(2)25/h9-12,15H,3-8,13H2,1-2H3,(H,20,24). The third kappa shape index (κ3) is 4.99. The Kier molecular flexibility index (Phi) is 7.07. The van der Waals surface area contributed by atoms with E-state index in [0.29, 0.717) is 18.2 Å². The van der Waals surface area contributed by atoms with E-state index >= 15 is 0 Å². The number of hydrogen-bond acceptors (Lipinski definition) is 5. The van der Waals surface area contributed by atoms with Crippen LogP contribution in [0.1, 0.15) is 54.3 Å². The number of thioether (sulfide) groups is 1. The van der Waals surface area contributed by atoms with E-state index in [-0.39, 0.29) is 5.91 Å². The average Bonchev–Trinajstić information content (AvgIpc) is 3.34. The molecule has 1 heterocycles. The molecule has 0 spiro atoms. The van der Waals surface area contributed by atoms with Gasteiger partial charge in [-0.1, -0.05) is 24.6 Å². The van der Waals surface area contributed by atoms with Crippen molar-refractivity contribution in [3.8, 4) is 0 Å². The molecule has 3 rings (SSSR count). The zero-order chi connectivity index (χ0) is 19.2. The van der Waals surface area contributed by atoms with Gasteiger partial charge in [0.05, 0.1) is 0 Å². The van der Waals surface area contributed by atoms with Gasteiger partial charge in [-0.25, -0.2) is 0 Å². The Morgan fingerprint density at radius 2 is 1.96 bits per heavy atom. The predicted octanol–water partition coefficient (Wildman–Crippen LogP) is 3.22. The Hall–Kier alpha value is -1.67. The van der Waals surface area contributed by atoms with Crippen molar-refractivity contribution >= 4 is 28.5 Å². The van der Waals surface area contributed by atoms with Crippen LogP contribution in [0, 0.1) is 0 Å². The maximum atomic E-state index is 12.2. The molecule has 1 saturated carbocycles. The second kappa shape index (κ2) is 9.50. The minimum atomic E-state index is -1.03. The monoisotopic (exact) mass is 406 g/mol. The lowest BCUT2D eigenvalue weighted by Gasteiger charge is -2.16. The first-order valence-corrected chi connectivity index (χ1v) is 12.1. The molecule has 1 atom stereocenters. The van der Waals surface area contributed by atoms with Crippen LogP contribution >= 0.6 is 11.8 Å². The number of carbonyl (C=O) groups excluding carboxylic acids is 1. The van der Waals surface area contributed by atoms with E-state index < -0.39 is 10.8 Å². The smallest absolute Gasteiger partial charge is 0.251 e. The summed E-state index contributed by atoms with van der Waals surface area (Å²) in [6.45, 7) is 0.590. The molecule has 8 heteroatoms. The van der Waals surface area contributed by atoms with Gasteiger partial charge >= 0.3 is 0 Å². The Morgan fingerprint density at radius 1 is 1.26 bits per heavy atom. The fourth-order valence-corrected chi connectivity index (χ4v) is 4.59. The molecule has 1 aromatic heterocycles. The van der Waals surface area contributed by atoms with Gasteiger partial charge in [0, 0.05) is 46.5 Å². The molecule has 0 radical (unpaired) electrons. The highest BCUT2D eigenvalue weighted by Crippen LogP contribution is 2.33. The van der Waals surface area contributed by atoms with Crippen molar-refractivity contribution in [1.82, 2.24) is 20.1 Å². The van der Waals surface area contributed by atoms with Gasteiger partial charge in [0.15, 0.2) is 5.16 Å². The maximum absolute atomic E-state index is 12.2. The fourth-order valence-electron chi connectivity index (χ4n) is 3.49. The minimum absolute atomic E-state index is 0.106. The fraction of sp³-hybridized carbons (Fsp3) is 0.526. The summed E-state index contributed by atoms with van der Waals surface area (Å²) in [7, 11) is -1.03. The summed E-state index contributed by atoms with van der Waals surface area (Å²) in [5.41, 5.74) is 0.586. The number of hydrogen-bond donors (Lipinski definition) is 1. The second-order valence-corrected chi connectivity index (χ2v) is 8.90. The van der Waals surface area contributed by atoms with E-state index in [1.165, 1.54) is 25.7 Å². The number of nitrogens with one attached hydrogen (secondary N) is 1. The molecule has 1 amide bonds. The summed E-state index contributed by atoms with van der Waals surface area (Å²) >= 11 is 1.65. The molecule has 1 aromatic carbocycles. The number of aryl methyl sites for hydroxylation is 1. The molecule has 0 bridgehead atoms. The van der Waals surface area contributed by atoms with Gasteiger partial charge in [-0.05, 0) is 49.8 Å². The van der Waals surface area contributed by atoms with Gasteiger partial charge in [-0.3, -0.25) is 9.00 Å². The highest BCUT2D eigenvalue weighted by Gasteiger charge is 2.23.